The van der Waals surface area contributed by atoms with E-state index in [0.717, 1.165) is 37.4 Å². The standard InChI is InChI=1S/C21H20F3N/c22-19-12-21(24)20(23)11-18(19)15-9-16-7-4-8-17(10-15)25(16)13-14-5-2-1-3-6-14/h1-3,5-6,9,11-12,16-17H,4,7-8,10,13H2. The molecule has 2 heterocycles. The van der Waals surface area contributed by atoms with Crippen LogP contribution in [0.5, 0.6) is 0 Å². The molecule has 0 saturated carbocycles. The minimum atomic E-state index is -1.14. The Balaban J connectivity index is 1.64. The Kier molecular flexibility index (Phi) is 4.38. The molecule has 2 aliphatic rings. The Morgan fingerprint density at radius 1 is 0.920 bits per heavy atom. The van der Waals surface area contributed by atoms with Crippen molar-refractivity contribution in [1.29, 1.82) is 0 Å². The van der Waals surface area contributed by atoms with E-state index in [0.29, 0.717) is 18.5 Å². The highest BCUT2D eigenvalue weighted by atomic mass is 19.2. The summed E-state index contributed by atoms with van der Waals surface area (Å²) in [5.41, 5.74) is 2.26. The van der Waals surface area contributed by atoms with Gasteiger partial charge in [0.1, 0.15) is 5.82 Å². The van der Waals surface area contributed by atoms with Gasteiger partial charge in [-0.3, -0.25) is 4.90 Å². The molecule has 0 aliphatic carbocycles. The lowest BCUT2D eigenvalue weighted by atomic mass is 9.82. The van der Waals surface area contributed by atoms with E-state index >= 15 is 0 Å². The molecule has 0 radical (unpaired) electrons. The quantitative estimate of drug-likeness (QED) is 0.682. The molecule has 2 unspecified atom stereocenters. The van der Waals surface area contributed by atoms with Gasteiger partial charge in [0, 0.05) is 30.3 Å². The Morgan fingerprint density at radius 2 is 1.68 bits per heavy atom. The van der Waals surface area contributed by atoms with Crippen LogP contribution in [0.1, 0.15) is 36.8 Å². The molecule has 0 aromatic heterocycles. The van der Waals surface area contributed by atoms with E-state index in [-0.39, 0.29) is 11.6 Å². The van der Waals surface area contributed by atoms with Crippen LogP contribution in [0.4, 0.5) is 13.2 Å². The Hall–Kier alpha value is -2.07. The van der Waals surface area contributed by atoms with Crippen LogP contribution in [0.3, 0.4) is 0 Å². The molecule has 1 saturated heterocycles. The van der Waals surface area contributed by atoms with Crippen LogP contribution < -0.4 is 0 Å². The summed E-state index contributed by atoms with van der Waals surface area (Å²) in [5, 5.41) is 0. The molecule has 1 nitrogen and oxygen atoms in total. The van der Waals surface area contributed by atoms with Crippen LogP contribution in [0.15, 0.2) is 48.5 Å². The topological polar surface area (TPSA) is 3.24 Å². The predicted molar refractivity (Wildman–Crippen MR) is 92.3 cm³/mol. The fourth-order valence-electron chi connectivity index (χ4n) is 4.13. The van der Waals surface area contributed by atoms with E-state index in [1.54, 1.807) is 0 Å². The van der Waals surface area contributed by atoms with Crippen LogP contribution in [0, 0.1) is 17.5 Å². The minimum Gasteiger partial charge on any atom is -0.289 e. The molecule has 130 valence electrons. The SMILES string of the molecule is Fc1cc(F)c(C2=CC3CCCC(C2)N3Cc2ccccc2)cc1F. The number of halogens is 3. The summed E-state index contributed by atoms with van der Waals surface area (Å²) in [6.45, 7) is 0.861. The van der Waals surface area contributed by atoms with Gasteiger partial charge in [-0.25, -0.2) is 13.2 Å². The monoisotopic (exact) mass is 343 g/mol. The van der Waals surface area contributed by atoms with Gasteiger partial charge in [-0.05, 0) is 36.5 Å². The van der Waals surface area contributed by atoms with Gasteiger partial charge in [-0.1, -0.05) is 42.8 Å². The van der Waals surface area contributed by atoms with Crippen LogP contribution in [0.2, 0.25) is 0 Å². The normalized spacial score (nSPS) is 23.4. The lowest BCUT2D eigenvalue weighted by molar-refractivity contribution is 0.0950. The first-order valence-electron chi connectivity index (χ1n) is 8.77. The van der Waals surface area contributed by atoms with Crippen LogP contribution >= 0.6 is 0 Å². The molecule has 0 N–H and O–H groups in total. The second-order valence-corrected chi connectivity index (χ2v) is 6.95. The summed E-state index contributed by atoms with van der Waals surface area (Å²) in [6.07, 6.45) is 5.93. The molecular weight excluding hydrogens is 323 g/mol. The van der Waals surface area contributed by atoms with Gasteiger partial charge >= 0.3 is 0 Å². The number of hydrogen-bond acceptors (Lipinski definition) is 1. The minimum absolute atomic E-state index is 0.204. The number of fused-ring (bicyclic) bond motifs is 2. The van der Waals surface area contributed by atoms with E-state index in [4.69, 9.17) is 0 Å². The highest BCUT2D eigenvalue weighted by Crippen LogP contribution is 2.38. The Bertz CT molecular complexity index is 800. The van der Waals surface area contributed by atoms with E-state index in [2.05, 4.69) is 17.0 Å². The van der Waals surface area contributed by atoms with Gasteiger partial charge in [0.2, 0.25) is 0 Å². The van der Waals surface area contributed by atoms with E-state index in [9.17, 15) is 13.2 Å². The molecule has 0 amide bonds. The second-order valence-electron chi connectivity index (χ2n) is 6.95. The molecule has 2 bridgehead atoms. The zero-order chi connectivity index (χ0) is 17.4. The van der Waals surface area contributed by atoms with Crippen LogP contribution in [-0.4, -0.2) is 17.0 Å². The maximum Gasteiger partial charge on any atom is 0.161 e. The molecule has 4 heteroatoms. The fraction of sp³-hybridized carbons (Fsp3) is 0.333. The lowest BCUT2D eigenvalue weighted by Crippen LogP contribution is -2.47. The van der Waals surface area contributed by atoms with Crippen LogP contribution in [-0.2, 0) is 6.54 Å². The predicted octanol–water partition coefficient (Wildman–Crippen LogP) is 5.31. The van der Waals surface area contributed by atoms with Crippen molar-refractivity contribution in [3.63, 3.8) is 0 Å². The number of benzene rings is 2. The molecule has 2 aliphatic heterocycles. The second kappa shape index (κ2) is 6.68. The number of rotatable bonds is 3. The van der Waals surface area contributed by atoms with E-state index in [1.807, 2.05) is 24.3 Å². The molecule has 0 spiro atoms. The van der Waals surface area contributed by atoms with Crippen molar-refractivity contribution in [2.45, 2.75) is 44.3 Å². The largest absolute Gasteiger partial charge is 0.289 e. The number of hydrogen-bond donors (Lipinski definition) is 0. The van der Waals surface area contributed by atoms with Gasteiger partial charge in [0.05, 0.1) is 0 Å². The number of piperidine rings is 1. The summed E-state index contributed by atoms with van der Waals surface area (Å²) in [4.78, 5) is 2.46. The average Bonchev–Trinajstić information content (AvgIpc) is 2.59. The van der Waals surface area contributed by atoms with Gasteiger partial charge in [-0.15, -0.1) is 0 Å². The van der Waals surface area contributed by atoms with Crippen molar-refractivity contribution in [3.8, 4) is 0 Å². The fourth-order valence-corrected chi connectivity index (χ4v) is 4.13. The smallest absolute Gasteiger partial charge is 0.161 e. The van der Waals surface area contributed by atoms with Crippen molar-refractivity contribution in [2.24, 2.45) is 0 Å². The van der Waals surface area contributed by atoms with Crippen molar-refractivity contribution in [3.05, 3.63) is 77.1 Å². The molecule has 2 atom stereocenters. The maximum absolute atomic E-state index is 14.2. The third kappa shape index (κ3) is 3.23. The summed E-state index contributed by atoms with van der Waals surface area (Å²) in [7, 11) is 0. The van der Waals surface area contributed by atoms with Gasteiger partial charge in [0.15, 0.2) is 11.6 Å². The number of nitrogens with zero attached hydrogens (tertiary/aromatic N) is 1. The van der Waals surface area contributed by atoms with Gasteiger partial charge < -0.3 is 0 Å². The summed E-state index contributed by atoms with van der Waals surface area (Å²) >= 11 is 0. The van der Waals surface area contributed by atoms with E-state index < -0.39 is 17.5 Å². The Labute approximate surface area is 145 Å². The van der Waals surface area contributed by atoms with Crippen molar-refractivity contribution >= 4 is 5.57 Å². The molecule has 1 fully saturated rings. The highest BCUT2D eigenvalue weighted by Gasteiger charge is 2.34. The molecule has 4 rings (SSSR count). The molecule has 2 aromatic rings. The van der Waals surface area contributed by atoms with Crippen LogP contribution in [0.25, 0.3) is 5.57 Å². The van der Waals surface area contributed by atoms with Gasteiger partial charge in [0.25, 0.3) is 0 Å². The summed E-state index contributed by atoms with van der Waals surface area (Å²) in [5.74, 6) is -2.81. The molecule has 2 aromatic carbocycles. The van der Waals surface area contributed by atoms with Crippen molar-refractivity contribution in [1.82, 2.24) is 4.90 Å². The lowest BCUT2D eigenvalue weighted by Gasteiger charge is -2.45. The third-order valence-electron chi connectivity index (χ3n) is 5.35. The zero-order valence-corrected chi connectivity index (χ0v) is 13.9. The molecular formula is C21H20F3N. The molecule has 25 heavy (non-hydrogen) atoms. The summed E-state index contributed by atoms with van der Waals surface area (Å²) < 4.78 is 41.0. The first kappa shape index (κ1) is 16.4. The third-order valence-corrected chi connectivity index (χ3v) is 5.35. The maximum atomic E-state index is 14.2. The first-order chi connectivity index (χ1) is 12.1. The average molecular weight is 343 g/mol. The highest BCUT2D eigenvalue weighted by molar-refractivity contribution is 5.68. The van der Waals surface area contributed by atoms with E-state index in [1.165, 1.54) is 5.56 Å². The first-order valence-corrected chi connectivity index (χ1v) is 8.77. The van der Waals surface area contributed by atoms with Gasteiger partial charge in [-0.2, -0.15) is 0 Å². The summed E-state index contributed by atoms with van der Waals surface area (Å²) in [6, 6.07) is 12.5. The zero-order valence-electron chi connectivity index (χ0n) is 13.9. The van der Waals surface area contributed by atoms with Crippen molar-refractivity contribution in [2.75, 3.05) is 0 Å². The Morgan fingerprint density at radius 3 is 2.44 bits per heavy atom. The van der Waals surface area contributed by atoms with Crippen molar-refractivity contribution < 1.29 is 13.2 Å².